The Morgan fingerprint density at radius 3 is 1.81 bits per heavy atom. The molecule has 6 aromatic heterocycles. The molecule has 1 aliphatic heterocycles. The van der Waals surface area contributed by atoms with Gasteiger partial charge in [-0.25, -0.2) is 46.2 Å². The van der Waals surface area contributed by atoms with Gasteiger partial charge in [0.25, 0.3) is 0 Å². The molecule has 3 aliphatic rings. The predicted molar refractivity (Wildman–Crippen MR) is 273 cm³/mol. The van der Waals surface area contributed by atoms with Crippen LogP contribution in [0.5, 0.6) is 0 Å². The second-order valence-corrected chi connectivity index (χ2v) is 29.9. The zero-order valence-electron chi connectivity index (χ0n) is 38.9. The largest absolute Gasteiger partial charge is 0.505 e. The van der Waals surface area contributed by atoms with Crippen molar-refractivity contribution < 1.29 is 26.1 Å². The number of rotatable bonds is 12. The van der Waals surface area contributed by atoms with E-state index in [0.717, 1.165) is 44.5 Å². The highest BCUT2D eigenvalue weighted by Crippen LogP contribution is 2.41. The van der Waals surface area contributed by atoms with Crippen LogP contribution in [0, 0.1) is 23.8 Å². The summed E-state index contributed by atoms with van der Waals surface area (Å²) in [7, 11) is -6.12. The number of aromatic nitrogens is 8. The Balaban J connectivity index is 0.000000154. The first-order valence-electron chi connectivity index (χ1n) is 21.5. The maximum absolute atomic E-state index is 11.9. The van der Waals surface area contributed by atoms with Gasteiger partial charge in [-0.15, -0.1) is 34.6 Å². The standard InChI is InChI=1S/C17H16N6O2S2.C15H18BrN5Si.C11H18BNO4S2/c1-3-10-9-19-17(13-6-7-15(26-13)27(24,25)18-2)21-16(10)20-14-8-12(22-23-14)11-4-5-11;1-22(2,3)7-6-11-9-17-15(16)19-14(11)18-13-8-12(20-21-13)10-4-5-10;1-10(2)11(3,4)17-12(16-10)8-6-7-9(18-8)19(14,15)13-5/h1,6-9,11,18H,4-5H2,2H3,(H2,19,20,21,22,23);8-10H,4-5H2,1-3H3,(H2,17,18,19,20,21);6-7,13H,1-5H3. The molecule has 2 aliphatic carbocycles. The highest BCUT2D eigenvalue weighted by molar-refractivity contribution is 9.10. The van der Waals surface area contributed by atoms with E-state index in [1.165, 1.54) is 57.7 Å². The minimum Gasteiger partial charge on any atom is -0.399 e. The molecule has 358 valence electrons. The summed E-state index contributed by atoms with van der Waals surface area (Å²) < 4.78 is 65.4. The van der Waals surface area contributed by atoms with Gasteiger partial charge in [-0.1, -0.05) is 37.5 Å². The van der Waals surface area contributed by atoms with Gasteiger partial charge >= 0.3 is 7.12 Å². The van der Waals surface area contributed by atoms with Crippen LogP contribution in [0.2, 0.25) is 19.6 Å². The first-order valence-corrected chi connectivity index (χ1v) is 30.4. The molecule has 68 heavy (non-hydrogen) atoms. The first kappa shape index (κ1) is 51.1. The van der Waals surface area contributed by atoms with Gasteiger partial charge in [-0.2, -0.15) is 10.2 Å². The third kappa shape index (κ3) is 12.7. The van der Waals surface area contributed by atoms with Crippen molar-refractivity contribution in [1.82, 2.24) is 49.8 Å². The lowest BCUT2D eigenvalue weighted by atomic mass is 9.88. The van der Waals surface area contributed by atoms with Gasteiger partial charge < -0.3 is 19.9 Å². The van der Waals surface area contributed by atoms with Gasteiger partial charge in [0.2, 0.25) is 20.0 Å². The Bertz CT molecular complexity index is 3110. The molecule has 18 nitrogen and oxygen atoms in total. The fourth-order valence-corrected chi connectivity index (χ4v) is 11.1. The van der Waals surface area contributed by atoms with Crippen molar-refractivity contribution in [3.05, 3.63) is 76.0 Å². The Labute approximate surface area is 414 Å². The lowest BCUT2D eigenvalue weighted by Gasteiger charge is -2.32. The van der Waals surface area contributed by atoms with Crippen LogP contribution in [-0.4, -0.2) is 97.7 Å². The summed E-state index contributed by atoms with van der Waals surface area (Å²) in [6.45, 7) is 14.5. The molecule has 6 N–H and O–H groups in total. The number of anilines is 4. The van der Waals surface area contributed by atoms with E-state index in [2.05, 4.69) is 113 Å². The zero-order valence-corrected chi connectivity index (χ0v) is 44.8. The lowest BCUT2D eigenvalue weighted by molar-refractivity contribution is 0.00578. The SMILES string of the molecule is C#Cc1cnc(-c2ccc(S(=O)(=O)NC)s2)nc1Nc1cc(C2CC2)[nH]n1.CNS(=O)(=O)c1ccc(B2OC(C)(C)C(C)(C)O2)s1.C[Si](C)(C)C#Cc1cnc(Br)nc1Nc1cc(C2CC2)[nH]n1. The molecule has 0 bridgehead atoms. The average molecular weight is 1080 g/mol. The number of thiophene rings is 2. The normalized spacial score (nSPS) is 16.3. The van der Waals surface area contributed by atoms with E-state index < -0.39 is 46.4 Å². The second-order valence-electron chi connectivity index (χ2n) is 18.0. The number of H-pyrrole nitrogens is 2. The number of hydrogen-bond acceptors (Lipinski definition) is 16. The number of nitrogens with one attached hydrogen (secondary N) is 6. The van der Waals surface area contributed by atoms with Crippen molar-refractivity contribution in [3.63, 3.8) is 0 Å². The van der Waals surface area contributed by atoms with Gasteiger partial charge in [0, 0.05) is 52.5 Å². The lowest BCUT2D eigenvalue weighted by Crippen LogP contribution is -2.41. The molecule has 25 heteroatoms. The monoisotopic (exact) mass is 1080 g/mol. The van der Waals surface area contributed by atoms with Gasteiger partial charge in [0.05, 0.1) is 27.2 Å². The molecule has 0 aromatic carbocycles. The topological polar surface area (TPSA) is 244 Å². The van der Waals surface area contributed by atoms with E-state index in [1.807, 2.05) is 39.8 Å². The summed E-state index contributed by atoms with van der Waals surface area (Å²) in [6, 6.07) is 10.5. The minimum absolute atomic E-state index is 0.195. The molecule has 3 fully saturated rings. The molecule has 2 saturated carbocycles. The first-order chi connectivity index (χ1) is 32.0. The van der Waals surface area contributed by atoms with Crippen LogP contribution in [0.15, 0.2) is 61.9 Å². The van der Waals surface area contributed by atoms with E-state index in [1.54, 1.807) is 24.4 Å². The van der Waals surface area contributed by atoms with Crippen molar-refractivity contribution in [2.45, 2.75) is 104 Å². The fourth-order valence-electron chi connectivity index (χ4n) is 6.10. The quantitative estimate of drug-likeness (QED) is 0.0403. The van der Waals surface area contributed by atoms with Crippen molar-refractivity contribution in [3.8, 4) is 34.5 Å². The number of nitrogens with zero attached hydrogens (tertiary/aromatic N) is 6. The van der Waals surface area contributed by atoms with Crippen LogP contribution in [0.25, 0.3) is 10.7 Å². The summed E-state index contributed by atoms with van der Waals surface area (Å²) in [5.41, 5.74) is 6.05. The molecule has 6 aromatic rings. The van der Waals surface area contributed by atoms with Crippen LogP contribution in [0.4, 0.5) is 23.3 Å². The highest BCUT2D eigenvalue weighted by Gasteiger charge is 2.52. The van der Waals surface area contributed by atoms with E-state index in [4.69, 9.17) is 15.7 Å². The molecule has 7 heterocycles. The van der Waals surface area contributed by atoms with Crippen LogP contribution >= 0.6 is 38.6 Å². The fraction of sp³-hybridized carbons (Fsp3) is 0.395. The maximum Gasteiger partial charge on any atom is 0.505 e. The Kier molecular flexibility index (Phi) is 15.2. The third-order valence-electron chi connectivity index (χ3n) is 11.0. The Morgan fingerprint density at radius 2 is 1.29 bits per heavy atom. The molecule has 1 saturated heterocycles. The molecule has 9 rings (SSSR count). The van der Waals surface area contributed by atoms with Crippen LogP contribution < -0.4 is 24.9 Å². The zero-order chi connectivity index (χ0) is 49.2. The molecule has 0 atom stereocenters. The van der Waals surface area contributed by atoms with Gasteiger partial charge in [0.15, 0.2) is 33.8 Å². The maximum atomic E-state index is 11.9. The van der Waals surface area contributed by atoms with Crippen LogP contribution in [0.3, 0.4) is 0 Å². The highest BCUT2D eigenvalue weighted by atomic mass is 79.9. The molecule has 0 spiro atoms. The second kappa shape index (κ2) is 20.3. The number of aromatic amines is 2. The van der Waals surface area contributed by atoms with E-state index in [-0.39, 0.29) is 8.42 Å². The Morgan fingerprint density at radius 1 is 0.779 bits per heavy atom. The van der Waals surface area contributed by atoms with Gasteiger partial charge in [-0.3, -0.25) is 10.2 Å². The summed E-state index contributed by atoms with van der Waals surface area (Å²) in [4.78, 5) is 17.9. The number of hydrogen-bond donors (Lipinski definition) is 6. The summed E-state index contributed by atoms with van der Waals surface area (Å²) in [5, 5.41) is 21.0. The van der Waals surface area contributed by atoms with Crippen LogP contribution in [-0.2, 0) is 29.4 Å². The minimum atomic E-state index is -3.51. The molecular weight excluding hydrogens is 1030 g/mol. The molecule has 0 unspecified atom stereocenters. The summed E-state index contributed by atoms with van der Waals surface area (Å²) in [6.07, 6.45) is 13.7. The summed E-state index contributed by atoms with van der Waals surface area (Å²) >= 11 is 5.56. The third-order valence-corrected chi connectivity index (χ3v) is 18.2. The summed E-state index contributed by atoms with van der Waals surface area (Å²) in [5.74, 6) is 9.86. The van der Waals surface area contributed by atoms with Crippen molar-refractivity contribution >= 4 is 102 Å². The molecular formula is C43H52BBrN12O6S4Si. The van der Waals surface area contributed by atoms with E-state index >= 15 is 0 Å². The number of halogens is 1. The van der Waals surface area contributed by atoms with Crippen molar-refractivity contribution in [2.75, 3.05) is 24.7 Å². The number of terminal acetylenes is 1. The predicted octanol–water partition coefficient (Wildman–Crippen LogP) is 7.21. The molecule has 0 radical (unpaired) electrons. The van der Waals surface area contributed by atoms with E-state index in [9.17, 15) is 16.8 Å². The Hall–Kier alpha value is -4.80. The van der Waals surface area contributed by atoms with Gasteiger partial charge in [-0.05, 0) is 102 Å². The smallest absolute Gasteiger partial charge is 0.399 e. The van der Waals surface area contributed by atoms with Gasteiger partial charge in [0.1, 0.15) is 16.5 Å². The average Bonchev–Trinajstić information content (AvgIpc) is 3.97. The molecule has 0 amide bonds. The van der Waals surface area contributed by atoms with Crippen LogP contribution in [0.1, 0.15) is 87.7 Å². The van der Waals surface area contributed by atoms with Crippen molar-refractivity contribution in [1.29, 1.82) is 0 Å². The van der Waals surface area contributed by atoms with E-state index in [0.29, 0.717) is 50.3 Å². The van der Waals surface area contributed by atoms with Crippen molar-refractivity contribution in [2.24, 2.45) is 0 Å². The number of sulfonamides is 2.